The predicted molar refractivity (Wildman–Crippen MR) is 85.5 cm³/mol. The summed E-state index contributed by atoms with van der Waals surface area (Å²) in [4.78, 5) is 20.8. The van der Waals surface area contributed by atoms with E-state index in [0.717, 1.165) is 17.3 Å². The van der Waals surface area contributed by atoms with Crippen LogP contribution in [0.4, 0.5) is 0 Å². The third kappa shape index (κ3) is 3.14. The van der Waals surface area contributed by atoms with Crippen molar-refractivity contribution in [3.63, 3.8) is 0 Å². The summed E-state index contributed by atoms with van der Waals surface area (Å²) in [7, 11) is 0. The van der Waals surface area contributed by atoms with Crippen LogP contribution in [0.1, 0.15) is 23.8 Å². The quantitative estimate of drug-likeness (QED) is 0.787. The third-order valence-electron chi connectivity index (χ3n) is 3.65. The first-order valence-electron chi connectivity index (χ1n) is 7.38. The zero-order valence-electron chi connectivity index (χ0n) is 12.4. The number of fused-ring (bicyclic) bond motifs is 1. The molecule has 0 unspecified atom stereocenters. The van der Waals surface area contributed by atoms with Crippen LogP contribution in [-0.2, 0) is 6.54 Å². The molecule has 1 amide bonds. The van der Waals surface area contributed by atoms with Crippen molar-refractivity contribution >= 4 is 16.8 Å². The van der Waals surface area contributed by atoms with Gasteiger partial charge in [-0.05, 0) is 18.6 Å². The van der Waals surface area contributed by atoms with Gasteiger partial charge < -0.3 is 9.88 Å². The Labute approximate surface area is 129 Å². The SMILES string of the molecule is CC[C@@H](Cn1ccnc1)NC(=O)c1ccc2ccccc2n1. The molecule has 0 spiro atoms. The molecule has 0 saturated carbocycles. The number of imidazole rings is 1. The van der Waals surface area contributed by atoms with Gasteiger partial charge in [-0.2, -0.15) is 0 Å². The molecule has 0 fully saturated rings. The van der Waals surface area contributed by atoms with E-state index in [1.807, 2.05) is 41.1 Å². The lowest BCUT2D eigenvalue weighted by Crippen LogP contribution is -2.37. The van der Waals surface area contributed by atoms with Crippen LogP contribution in [0.2, 0.25) is 0 Å². The highest BCUT2D eigenvalue weighted by Crippen LogP contribution is 2.12. The molecular weight excluding hydrogens is 276 g/mol. The van der Waals surface area contributed by atoms with Crippen molar-refractivity contribution in [2.75, 3.05) is 0 Å². The molecule has 22 heavy (non-hydrogen) atoms. The van der Waals surface area contributed by atoms with Gasteiger partial charge >= 0.3 is 0 Å². The zero-order valence-corrected chi connectivity index (χ0v) is 12.4. The maximum atomic E-state index is 12.4. The van der Waals surface area contributed by atoms with Crippen LogP contribution in [0.25, 0.3) is 10.9 Å². The Bertz CT molecular complexity index is 767. The van der Waals surface area contributed by atoms with E-state index in [1.54, 1.807) is 18.6 Å². The zero-order chi connectivity index (χ0) is 15.4. The van der Waals surface area contributed by atoms with Gasteiger partial charge in [-0.25, -0.2) is 9.97 Å². The van der Waals surface area contributed by atoms with E-state index in [2.05, 4.69) is 22.2 Å². The molecule has 3 rings (SSSR count). The second kappa shape index (κ2) is 6.39. The predicted octanol–water partition coefficient (Wildman–Crippen LogP) is 2.64. The number of hydrogen-bond donors (Lipinski definition) is 1. The van der Waals surface area contributed by atoms with Crippen molar-refractivity contribution in [3.8, 4) is 0 Å². The summed E-state index contributed by atoms with van der Waals surface area (Å²) < 4.78 is 1.96. The summed E-state index contributed by atoms with van der Waals surface area (Å²) in [5, 5.41) is 4.07. The standard InChI is InChI=1S/C17H18N4O/c1-2-14(11-21-10-9-18-12-21)19-17(22)16-8-7-13-5-3-4-6-15(13)20-16/h3-10,12,14H,2,11H2,1H3,(H,19,22)/t14-/m0/s1. The molecule has 0 aliphatic heterocycles. The Morgan fingerprint density at radius 2 is 2.14 bits per heavy atom. The fraction of sp³-hybridized carbons (Fsp3) is 0.235. The minimum absolute atomic E-state index is 0.0509. The van der Waals surface area contributed by atoms with Crippen LogP contribution in [0.5, 0.6) is 0 Å². The van der Waals surface area contributed by atoms with Gasteiger partial charge in [0.25, 0.3) is 5.91 Å². The first kappa shape index (κ1) is 14.3. The Kier molecular flexibility index (Phi) is 4.14. The van der Waals surface area contributed by atoms with Crippen LogP contribution in [0.15, 0.2) is 55.1 Å². The van der Waals surface area contributed by atoms with Crippen LogP contribution in [0.3, 0.4) is 0 Å². The number of carbonyl (C=O) groups is 1. The van der Waals surface area contributed by atoms with Gasteiger partial charge in [0.05, 0.1) is 11.8 Å². The fourth-order valence-corrected chi connectivity index (χ4v) is 2.38. The maximum Gasteiger partial charge on any atom is 0.270 e. The third-order valence-corrected chi connectivity index (χ3v) is 3.65. The lowest BCUT2D eigenvalue weighted by atomic mass is 10.2. The monoisotopic (exact) mass is 294 g/mol. The van der Waals surface area contributed by atoms with Crippen LogP contribution >= 0.6 is 0 Å². The first-order valence-corrected chi connectivity index (χ1v) is 7.38. The van der Waals surface area contributed by atoms with E-state index in [1.165, 1.54) is 0 Å². The van der Waals surface area contributed by atoms with Crippen LogP contribution in [-0.4, -0.2) is 26.5 Å². The molecule has 1 N–H and O–H groups in total. The minimum Gasteiger partial charge on any atom is -0.346 e. The average Bonchev–Trinajstić information content (AvgIpc) is 3.06. The summed E-state index contributed by atoms with van der Waals surface area (Å²) in [6.07, 6.45) is 6.23. The molecule has 0 aliphatic rings. The molecule has 0 saturated heterocycles. The Morgan fingerprint density at radius 3 is 2.91 bits per heavy atom. The van der Waals surface area contributed by atoms with Crippen molar-refractivity contribution in [3.05, 3.63) is 60.8 Å². The lowest BCUT2D eigenvalue weighted by molar-refractivity contribution is 0.0927. The smallest absolute Gasteiger partial charge is 0.270 e. The molecule has 3 aromatic rings. The summed E-state index contributed by atoms with van der Waals surface area (Å²) in [6.45, 7) is 2.76. The number of amides is 1. The van der Waals surface area contributed by atoms with Crippen molar-refractivity contribution in [2.24, 2.45) is 0 Å². The second-order valence-electron chi connectivity index (χ2n) is 5.23. The van der Waals surface area contributed by atoms with E-state index in [4.69, 9.17) is 0 Å². The van der Waals surface area contributed by atoms with E-state index in [0.29, 0.717) is 12.2 Å². The number of hydrogen-bond acceptors (Lipinski definition) is 3. The molecule has 1 aromatic carbocycles. The molecule has 5 heteroatoms. The van der Waals surface area contributed by atoms with Gasteiger partial charge in [-0.15, -0.1) is 0 Å². The number of benzene rings is 1. The van der Waals surface area contributed by atoms with E-state index >= 15 is 0 Å². The summed E-state index contributed by atoms with van der Waals surface area (Å²) in [5.41, 5.74) is 1.28. The van der Waals surface area contributed by atoms with Gasteiger partial charge in [-0.1, -0.05) is 31.2 Å². The largest absolute Gasteiger partial charge is 0.346 e. The van der Waals surface area contributed by atoms with Crippen LogP contribution < -0.4 is 5.32 Å². The van der Waals surface area contributed by atoms with Crippen molar-refractivity contribution in [2.45, 2.75) is 25.9 Å². The van der Waals surface area contributed by atoms with Gasteiger partial charge in [0.1, 0.15) is 5.69 Å². The summed E-state index contributed by atoms with van der Waals surface area (Å²) in [6, 6.07) is 11.5. The molecular formula is C17H18N4O. The minimum atomic E-state index is -0.141. The number of para-hydroxylation sites is 1. The normalized spacial score (nSPS) is 12.2. The number of nitrogens with one attached hydrogen (secondary N) is 1. The topological polar surface area (TPSA) is 59.8 Å². The van der Waals surface area contributed by atoms with E-state index in [9.17, 15) is 4.79 Å². The van der Waals surface area contributed by atoms with Crippen molar-refractivity contribution < 1.29 is 4.79 Å². The first-order chi connectivity index (χ1) is 10.8. The molecule has 0 radical (unpaired) electrons. The fourth-order valence-electron chi connectivity index (χ4n) is 2.38. The molecule has 2 heterocycles. The Balaban J connectivity index is 1.73. The maximum absolute atomic E-state index is 12.4. The van der Waals surface area contributed by atoms with Gasteiger partial charge in [0.2, 0.25) is 0 Å². The number of pyridine rings is 1. The van der Waals surface area contributed by atoms with Gasteiger partial charge in [0.15, 0.2) is 0 Å². The number of rotatable bonds is 5. The Morgan fingerprint density at radius 1 is 1.27 bits per heavy atom. The van der Waals surface area contributed by atoms with Crippen molar-refractivity contribution in [1.29, 1.82) is 0 Å². The lowest BCUT2D eigenvalue weighted by Gasteiger charge is -2.17. The molecule has 2 aromatic heterocycles. The molecule has 0 bridgehead atoms. The molecule has 0 aliphatic carbocycles. The van der Waals surface area contributed by atoms with E-state index in [-0.39, 0.29) is 11.9 Å². The Hall–Kier alpha value is -2.69. The van der Waals surface area contributed by atoms with E-state index < -0.39 is 0 Å². The number of carbonyl (C=O) groups excluding carboxylic acids is 1. The molecule has 1 atom stereocenters. The van der Waals surface area contributed by atoms with Gasteiger partial charge in [-0.3, -0.25) is 4.79 Å². The van der Waals surface area contributed by atoms with Crippen molar-refractivity contribution in [1.82, 2.24) is 19.9 Å². The highest BCUT2D eigenvalue weighted by Gasteiger charge is 2.14. The van der Waals surface area contributed by atoms with Gasteiger partial charge in [0, 0.05) is 30.4 Å². The highest BCUT2D eigenvalue weighted by atomic mass is 16.1. The molecule has 112 valence electrons. The summed E-state index contributed by atoms with van der Waals surface area (Å²) >= 11 is 0. The highest BCUT2D eigenvalue weighted by molar-refractivity contribution is 5.95. The van der Waals surface area contributed by atoms with Crippen LogP contribution in [0, 0.1) is 0 Å². The second-order valence-corrected chi connectivity index (χ2v) is 5.23. The average molecular weight is 294 g/mol. The molecule has 5 nitrogen and oxygen atoms in total. The number of aromatic nitrogens is 3. The number of nitrogens with zero attached hydrogens (tertiary/aromatic N) is 3. The summed E-state index contributed by atoms with van der Waals surface area (Å²) in [5.74, 6) is -0.141.